The number of nitrogens with one attached hydrogen (secondary N) is 2. The molecule has 1 aliphatic rings. The van der Waals surface area contributed by atoms with Crippen molar-refractivity contribution in [3.8, 4) is 16.9 Å². The Labute approximate surface area is 265 Å². The Morgan fingerprint density at radius 1 is 1.13 bits per heavy atom. The highest BCUT2D eigenvalue weighted by molar-refractivity contribution is 6.35. The van der Waals surface area contributed by atoms with Crippen LogP contribution in [0.4, 0.5) is 4.39 Å². The number of aromatic amines is 2. The summed E-state index contributed by atoms with van der Waals surface area (Å²) < 4.78 is 30.8. The lowest BCUT2D eigenvalue weighted by molar-refractivity contribution is -0.0620. The third-order valence-corrected chi connectivity index (χ3v) is 8.57. The van der Waals surface area contributed by atoms with Crippen molar-refractivity contribution in [1.29, 1.82) is 0 Å². The number of carbonyl (C=O) groups excluding carboxylic acids is 1. The van der Waals surface area contributed by atoms with Crippen molar-refractivity contribution in [2.45, 2.75) is 39.3 Å². The highest BCUT2D eigenvalue weighted by Gasteiger charge is 2.30. The fraction of sp³-hybridized carbons (Fsp3) is 0.353. The first-order chi connectivity index (χ1) is 21.9. The zero-order valence-electron chi connectivity index (χ0n) is 25.3. The van der Waals surface area contributed by atoms with Crippen molar-refractivity contribution in [2.24, 2.45) is 0 Å². The number of aryl methyl sites for hydroxylation is 2. The van der Waals surface area contributed by atoms with Crippen LogP contribution in [0.2, 0.25) is 5.02 Å². The summed E-state index contributed by atoms with van der Waals surface area (Å²) in [5.74, 6) is -0.0853. The van der Waals surface area contributed by atoms with Crippen molar-refractivity contribution in [2.75, 3.05) is 39.5 Å². The third kappa shape index (κ3) is 6.15. The van der Waals surface area contributed by atoms with Gasteiger partial charge < -0.3 is 24.3 Å². The van der Waals surface area contributed by atoms with Crippen LogP contribution in [0.3, 0.4) is 0 Å². The number of morpholine rings is 1. The summed E-state index contributed by atoms with van der Waals surface area (Å²) in [6, 6.07) is 13.9. The summed E-state index contributed by atoms with van der Waals surface area (Å²) in [4.78, 5) is 18.5. The van der Waals surface area contributed by atoms with E-state index in [9.17, 15) is 14.3 Å². The third-order valence-electron chi connectivity index (χ3n) is 8.25. The lowest BCUT2D eigenvalue weighted by Gasteiger charge is -2.30. The van der Waals surface area contributed by atoms with Gasteiger partial charge in [-0.05, 0) is 67.5 Å². The van der Waals surface area contributed by atoms with Crippen molar-refractivity contribution in [3.05, 3.63) is 82.0 Å². The SMILES string of the molecule is CCOC(=O)c1[nH]c2c(-c3c(C(O)N4CCOCC4)n[nH]c3CC)c(Cl)ccc2c1CCCOc1cccc2cc(F)ccc12. The van der Waals surface area contributed by atoms with E-state index in [1.54, 1.807) is 13.0 Å². The largest absolute Gasteiger partial charge is 0.493 e. The summed E-state index contributed by atoms with van der Waals surface area (Å²) in [5, 5.41) is 22.0. The molecular weight excluding hydrogens is 599 g/mol. The van der Waals surface area contributed by atoms with E-state index >= 15 is 0 Å². The first kappa shape index (κ1) is 31.0. The van der Waals surface area contributed by atoms with E-state index in [1.807, 2.05) is 42.2 Å². The number of H-pyrrole nitrogens is 2. The van der Waals surface area contributed by atoms with Crippen LogP contribution < -0.4 is 4.74 Å². The van der Waals surface area contributed by atoms with E-state index in [0.717, 1.165) is 27.4 Å². The van der Waals surface area contributed by atoms with Crippen LogP contribution in [0.15, 0.2) is 48.5 Å². The second-order valence-corrected chi connectivity index (χ2v) is 11.4. The smallest absolute Gasteiger partial charge is 0.355 e. The quantitative estimate of drug-likeness (QED) is 0.111. The van der Waals surface area contributed by atoms with Crippen molar-refractivity contribution >= 4 is 39.2 Å². The van der Waals surface area contributed by atoms with E-state index < -0.39 is 12.2 Å². The number of carbonyl (C=O) groups is 1. The minimum atomic E-state index is -0.964. The van der Waals surface area contributed by atoms with Crippen LogP contribution >= 0.6 is 11.6 Å². The van der Waals surface area contributed by atoms with Gasteiger partial charge in [-0.3, -0.25) is 10.00 Å². The molecule has 6 rings (SSSR count). The van der Waals surface area contributed by atoms with Gasteiger partial charge in [-0.15, -0.1) is 0 Å². The number of ether oxygens (including phenoxy) is 3. The van der Waals surface area contributed by atoms with Crippen molar-refractivity contribution in [1.82, 2.24) is 20.1 Å². The predicted molar refractivity (Wildman–Crippen MR) is 171 cm³/mol. The number of hydrogen-bond acceptors (Lipinski definition) is 7. The van der Waals surface area contributed by atoms with E-state index in [-0.39, 0.29) is 12.4 Å². The Morgan fingerprint density at radius 3 is 2.71 bits per heavy atom. The maximum absolute atomic E-state index is 13.7. The molecule has 45 heavy (non-hydrogen) atoms. The van der Waals surface area contributed by atoms with Crippen LogP contribution in [0, 0.1) is 5.82 Å². The minimum absolute atomic E-state index is 0.226. The average Bonchev–Trinajstić information content (AvgIpc) is 3.64. The topological polar surface area (TPSA) is 113 Å². The molecule has 5 aromatic rings. The highest BCUT2D eigenvalue weighted by Crippen LogP contribution is 2.42. The van der Waals surface area contributed by atoms with Gasteiger partial charge in [-0.25, -0.2) is 9.18 Å². The van der Waals surface area contributed by atoms with E-state index in [1.165, 1.54) is 12.1 Å². The number of nitrogens with zero attached hydrogens (tertiary/aromatic N) is 2. The molecule has 9 nitrogen and oxygen atoms in total. The molecule has 0 aliphatic carbocycles. The maximum Gasteiger partial charge on any atom is 0.355 e. The Balaban J connectivity index is 1.35. The van der Waals surface area contributed by atoms with E-state index in [2.05, 4.69) is 15.2 Å². The fourth-order valence-electron chi connectivity index (χ4n) is 6.07. The number of halogens is 2. The summed E-state index contributed by atoms with van der Waals surface area (Å²) in [5.41, 5.74) is 4.49. The van der Waals surface area contributed by atoms with Crippen LogP contribution in [-0.2, 0) is 22.3 Å². The summed E-state index contributed by atoms with van der Waals surface area (Å²) in [7, 11) is 0. The van der Waals surface area contributed by atoms with Crippen LogP contribution in [-0.4, -0.2) is 70.7 Å². The summed E-state index contributed by atoms with van der Waals surface area (Å²) in [6.07, 6.45) is 0.779. The molecule has 3 aromatic carbocycles. The second-order valence-electron chi connectivity index (χ2n) is 11.0. The normalized spacial score (nSPS) is 14.7. The number of aromatic nitrogens is 3. The lowest BCUT2D eigenvalue weighted by Crippen LogP contribution is -2.39. The molecule has 3 heterocycles. The number of rotatable bonds is 11. The molecule has 0 spiro atoms. The zero-order chi connectivity index (χ0) is 31.5. The molecule has 1 fully saturated rings. The minimum Gasteiger partial charge on any atom is -0.493 e. The molecule has 1 atom stereocenters. The van der Waals surface area contributed by atoms with Gasteiger partial charge in [0.15, 0.2) is 6.23 Å². The van der Waals surface area contributed by atoms with Gasteiger partial charge in [0.05, 0.1) is 37.0 Å². The number of hydrogen-bond donors (Lipinski definition) is 3. The second kappa shape index (κ2) is 13.6. The molecule has 0 radical (unpaired) electrons. The number of benzene rings is 3. The molecule has 0 bridgehead atoms. The standard InChI is InChI=1S/C34H36ClFN4O5/c1-3-26-29(32(39-38-26)33(41)40-14-17-43-18-15-40)28-25(35)13-12-24-23(31(37-30(24)28)34(42)44-4-2)8-6-16-45-27-9-5-7-20-19-21(36)10-11-22(20)27/h5,7,9-13,19,33,37,41H,3-4,6,8,14-18H2,1-2H3,(H,38,39). The fourth-order valence-corrected chi connectivity index (χ4v) is 6.32. The first-order valence-corrected chi connectivity index (χ1v) is 15.7. The number of aliphatic hydroxyl groups excluding tert-OH is 1. The van der Waals surface area contributed by atoms with Crippen LogP contribution in [0.1, 0.15) is 53.9 Å². The van der Waals surface area contributed by atoms with Gasteiger partial charge >= 0.3 is 5.97 Å². The Bertz CT molecular complexity index is 1830. The van der Waals surface area contributed by atoms with Crippen LogP contribution in [0.25, 0.3) is 32.8 Å². The van der Waals surface area contributed by atoms with Gasteiger partial charge in [0.1, 0.15) is 23.0 Å². The Morgan fingerprint density at radius 2 is 1.93 bits per heavy atom. The van der Waals surface area contributed by atoms with Gasteiger partial charge in [-0.1, -0.05) is 36.7 Å². The first-order valence-electron chi connectivity index (χ1n) is 15.3. The number of aliphatic hydroxyl groups is 1. The molecule has 236 valence electrons. The maximum atomic E-state index is 13.7. The monoisotopic (exact) mass is 634 g/mol. The van der Waals surface area contributed by atoms with E-state index in [0.29, 0.717) is 91.0 Å². The average molecular weight is 635 g/mol. The molecule has 2 aromatic heterocycles. The molecule has 1 aliphatic heterocycles. The van der Waals surface area contributed by atoms with Crippen LogP contribution in [0.5, 0.6) is 5.75 Å². The van der Waals surface area contributed by atoms with Gasteiger partial charge in [0.25, 0.3) is 0 Å². The van der Waals surface area contributed by atoms with Crippen molar-refractivity contribution in [3.63, 3.8) is 0 Å². The van der Waals surface area contributed by atoms with E-state index in [4.69, 9.17) is 25.8 Å². The van der Waals surface area contributed by atoms with Gasteiger partial charge in [0, 0.05) is 40.7 Å². The van der Waals surface area contributed by atoms with Crippen molar-refractivity contribution < 1.29 is 28.5 Å². The molecular formula is C34H36ClFN4O5. The molecule has 0 saturated carbocycles. The number of fused-ring (bicyclic) bond motifs is 2. The lowest BCUT2D eigenvalue weighted by atomic mass is 9.96. The molecule has 0 amide bonds. The predicted octanol–water partition coefficient (Wildman–Crippen LogP) is 6.58. The van der Waals surface area contributed by atoms with Gasteiger partial charge in [0.2, 0.25) is 0 Å². The zero-order valence-corrected chi connectivity index (χ0v) is 26.0. The Kier molecular flexibility index (Phi) is 9.37. The molecule has 3 N–H and O–H groups in total. The number of esters is 1. The molecule has 11 heteroatoms. The highest BCUT2D eigenvalue weighted by atomic mass is 35.5. The van der Waals surface area contributed by atoms with Gasteiger partial charge in [-0.2, -0.15) is 5.10 Å². The Hall–Kier alpha value is -3.96. The summed E-state index contributed by atoms with van der Waals surface area (Å²) >= 11 is 6.90. The molecule has 1 unspecified atom stereocenters. The molecule has 1 saturated heterocycles. The summed E-state index contributed by atoms with van der Waals surface area (Å²) in [6.45, 7) is 6.58.